The summed E-state index contributed by atoms with van der Waals surface area (Å²) < 4.78 is 0. The first kappa shape index (κ1) is 17.5. The van der Waals surface area contributed by atoms with Crippen molar-refractivity contribution in [3.05, 3.63) is 70.6 Å². The molecule has 3 heterocycles. The van der Waals surface area contributed by atoms with E-state index in [4.69, 9.17) is 5.73 Å². The van der Waals surface area contributed by atoms with Crippen LogP contribution in [0, 0.1) is 10.1 Å². The maximum absolute atomic E-state index is 11.3. The molecule has 0 amide bonds. The van der Waals surface area contributed by atoms with E-state index < -0.39 is 4.92 Å². The van der Waals surface area contributed by atoms with Crippen LogP contribution in [0.25, 0.3) is 21.8 Å². The van der Waals surface area contributed by atoms with Crippen molar-refractivity contribution >= 4 is 34.3 Å². The Labute approximate surface area is 163 Å². The number of nitrogens with two attached hydrogens (primary N) is 1. The van der Waals surface area contributed by atoms with Crippen LogP contribution >= 0.6 is 11.3 Å². The van der Waals surface area contributed by atoms with E-state index >= 15 is 0 Å². The number of anilines is 3. The minimum absolute atomic E-state index is 0.0315. The molecule has 3 N–H and O–H groups in total. The second-order valence-corrected chi connectivity index (χ2v) is 6.56. The van der Waals surface area contributed by atoms with Gasteiger partial charge in [-0.1, -0.05) is 12.1 Å². The molecule has 10 heteroatoms. The van der Waals surface area contributed by atoms with Gasteiger partial charge >= 0.3 is 5.69 Å². The average Bonchev–Trinajstić information content (AvgIpc) is 3.19. The Morgan fingerprint density at radius 2 is 2.00 bits per heavy atom. The van der Waals surface area contributed by atoms with Crippen LogP contribution in [0.3, 0.4) is 0 Å². The Bertz CT molecular complexity index is 1150. The molecule has 0 saturated carbocycles. The van der Waals surface area contributed by atoms with Gasteiger partial charge < -0.3 is 11.1 Å². The maximum Gasteiger partial charge on any atom is 0.353 e. The normalized spacial score (nSPS) is 10.6. The zero-order valence-electron chi connectivity index (χ0n) is 14.3. The molecule has 0 aliphatic carbocycles. The minimum atomic E-state index is -0.609. The van der Waals surface area contributed by atoms with E-state index in [1.807, 2.05) is 35.7 Å². The van der Waals surface area contributed by atoms with Gasteiger partial charge in [0.2, 0.25) is 11.6 Å². The molecule has 9 nitrogen and oxygen atoms in total. The van der Waals surface area contributed by atoms with Gasteiger partial charge in [0.25, 0.3) is 0 Å². The minimum Gasteiger partial charge on any atom is -0.378 e. The van der Waals surface area contributed by atoms with Gasteiger partial charge in [0.15, 0.2) is 0 Å². The van der Waals surface area contributed by atoms with Gasteiger partial charge in [0, 0.05) is 34.6 Å². The fourth-order valence-corrected chi connectivity index (χ4v) is 3.40. The standard InChI is InChI=1S/C18H13N7O2S/c19-16-15(25(26)27)17(22-10-21-16)23-13-5-1-3-11(7-13)14-9-28-18(24-14)12-4-2-6-20-8-12/h1-10H,(H3,19,21,22,23). The van der Waals surface area contributed by atoms with Crippen molar-refractivity contribution in [3.63, 3.8) is 0 Å². The van der Waals surface area contributed by atoms with Crippen molar-refractivity contribution in [1.82, 2.24) is 19.9 Å². The van der Waals surface area contributed by atoms with Crippen LogP contribution in [-0.2, 0) is 0 Å². The fourth-order valence-electron chi connectivity index (χ4n) is 2.59. The van der Waals surface area contributed by atoms with Crippen molar-refractivity contribution in [2.24, 2.45) is 0 Å². The number of nitrogens with one attached hydrogen (secondary N) is 1. The fraction of sp³-hybridized carbons (Fsp3) is 0. The zero-order valence-corrected chi connectivity index (χ0v) is 15.1. The molecule has 0 aliphatic rings. The molecule has 138 valence electrons. The molecule has 0 spiro atoms. The zero-order chi connectivity index (χ0) is 19.5. The molecule has 0 saturated heterocycles. The van der Waals surface area contributed by atoms with Crippen molar-refractivity contribution in [2.75, 3.05) is 11.1 Å². The van der Waals surface area contributed by atoms with Gasteiger partial charge in [0.1, 0.15) is 11.3 Å². The monoisotopic (exact) mass is 391 g/mol. The lowest BCUT2D eigenvalue weighted by atomic mass is 10.1. The molecule has 0 bridgehead atoms. The van der Waals surface area contributed by atoms with E-state index in [1.54, 1.807) is 18.5 Å². The highest BCUT2D eigenvalue weighted by atomic mass is 32.1. The quantitative estimate of drug-likeness (QED) is 0.386. The number of nitrogens with zero attached hydrogens (tertiary/aromatic N) is 5. The van der Waals surface area contributed by atoms with Gasteiger partial charge in [0.05, 0.1) is 10.6 Å². The Balaban J connectivity index is 1.64. The average molecular weight is 391 g/mol. The van der Waals surface area contributed by atoms with Crippen LogP contribution in [0.2, 0.25) is 0 Å². The van der Waals surface area contributed by atoms with E-state index in [9.17, 15) is 10.1 Å². The van der Waals surface area contributed by atoms with Gasteiger partial charge in [-0.2, -0.15) is 0 Å². The van der Waals surface area contributed by atoms with E-state index in [1.165, 1.54) is 17.7 Å². The first-order valence-corrected chi connectivity index (χ1v) is 8.98. The third-order valence-corrected chi connectivity index (χ3v) is 4.76. The van der Waals surface area contributed by atoms with E-state index in [-0.39, 0.29) is 17.3 Å². The molecular weight excluding hydrogens is 378 g/mol. The summed E-state index contributed by atoms with van der Waals surface area (Å²) in [5.74, 6) is -0.164. The molecule has 3 aromatic heterocycles. The number of aromatic nitrogens is 4. The second kappa shape index (κ2) is 7.37. The van der Waals surface area contributed by atoms with Gasteiger partial charge in [-0.05, 0) is 24.3 Å². The summed E-state index contributed by atoms with van der Waals surface area (Å²) in [7, 11) is 0. The Hall–Kier alpha value is -3.92. The molecule has 0 fully saturated rings. The maximum atomic E-state index is 11.3. The highest BCUT2D eigenvalue weighted by molar-refractivity contribution is 7.13. The number of rotatable bonds is 5. The summed E-state index contributed by atoms with van der Waals surface area (Å²) in [6, 6.07) is 11.2. The number of pyridine rings is 1. The Kier molecular flexibility index (Phi) is 4.60. The number of benzene rings is 1. The molecule has 0 unspecified atom stereocenters. The van der Waals surface area contributed by atoms with Crippen molar-refractivity contribution in [1.29, 1.82) is 0 Å². The van der Waals surface area contributed by atoms with Crippen LogP contribution in [0.4, 0.5) is 23.0 Å². The van der Waals surface area contributed by atoms with Crippen LogP contribution in [0.15, 0.2) is 60.5 Å². The summed E-state index contributed by atoms with van der Waals surface area (Å²) in [6.07, 6.45) is 4.65. The summed E-state index contributed by atoms with van der Waals surface area (Å²) in [4.78, 5) is 27.0. The van der Waals surface area contributed by atoms with Crippen LogP contribution in [-0.4, -0.2) is 24.9 Å². The molecule has 28 heavy (non-hydrogen) atoms. The highest BCUT2D eigenvalue weighted by Crippen LogP contribution is 2.32. The third-order valence-electron chi connectivity index (χ3n) is 3.87. The number of nitro groups is 1. The van der Waals surface area contributed by atoms with Crippen molar-refractivity contribution < 1.29 is 4.92 Å². The van der Waals surface area contributed by atoms with Gasteiger partial charge in [-0.25, -0.2) is 15.0 Å². The number of thiazole rings is 1. The van der Waals surface area contributed by atoms with Crippen molar-refractivity contribution in [2.45, 2.75) is 0 Å². The predicted octanol–water partition coefficient (Wildman–Crippen LogP) is 3.90. The summed E-state index contributed by atoms with van der Waals surface area (Å²) in [5, 5.41) is 17.0. The molecule has 1 aromatic carbocycles. The topological polar surface area (TPSA) is 133 Å². The summed E-state index contributed by atoms with van der Waals surface area (Å²) >= 11 is 1.52. The van der Waals surface area contributed by atoms with Crippen LogP contribution < -0.4 is 11.1 Å². The Morgan fingerprint density at radius 1 is 1.14 bits per heavy atom. The van der Waals surface area contributed by atoms with E-state index in [2.05, 4.69) is 25.3 Å². The smallest absolute Gasteiger partial charge is 0.353 e. The van der Waals surface area contributed by atoms with E-state index in [0.717, 1.165) is 21.8 Å². The van der Waals surface area contributed by atoms with Crippen LogP contribution in [0.5, 0.6) is 0 Å². The lowest BCUT2D eigenvalue weighted by Gasteiger charge is -2.08. The summed E-state index contributed by atoms with van der Waals surface area (Å²) in [6.45, 7) is 0. The van der Waals surface area contributed by atoms with Crippen LogP contribution in [0.1, 0.15) is 0 Å². The number of nitrogen functional groups attached to an aromatic ring is 1. The molecule has 0 radical (unpaired) electrons. The molecule has 0 atom stereocenters. The molecule has 0 aliphatic heterocycles. The van der Waals surface area contributed by atoms with E-state index in [0.29, 0.717) is 5.69 Å². The first-order valence-electron chi connectivity index (χ1n) is 8.10. The molecule has 4 rings (SSSR count). The second-order valence-electron chi connectivity index (χ2n) is 5.70. The Morgan fingerprint density at radius 3 is 2.79 bits per heavy atom. The summed E-state index contributed by atoms with van der Waals surface area (Å²) in [5.41, 5.74) is 8.47. The van der Waals surface area contributed by atoms with Crippen molar-refractivity contribution in [3.8, 4) is 21.8 Å². The first-order chi connectivity index (χ1) is 13.6. The number of hydrogen-bond donors (Lipinski definition) is 2. The molecular formula is C18H13N7O2S. The largest absolute Gasteiger partial charge is 0.378 e. The van der Waals surface area contributed by atoms with Gasteiger partial charge in [-0.15, -0.1) is 11.3 Å². The number of hydrogen-bond acceptors (Lipinski definition) is 9. The third kappa shape index (κ3) is 3.48. The molecule has 4 aromatic rings. The SMILES string of the molecule is Nc1ncnc(Nc2cccc(-c3csc(-c4cccnc4)n3)c2)c1[N+](=O)[O-]. The highest BCUT2D eigenvalue weighted by Gasteiger charge is 2.21. The predicted molar refractivity (Wildman–Crippen MR) is 107 cm³/mol. The lowest BCUT2D eigenvalue weighted by molar-refractivity contribution is -0.383. The van der Waals surface area contributed by atoms with Gasteiger partial charge in [-0.3, -0.25) is 15.1 Å². The lowest BCUT2D eigenvalue weighted by Crippen LogP contribution is -2.05.